The molecule has 0 radical (unpaired) electrons. The number of anilines is 1. The number of nitrogens with zero attached hydrogens (tertiary/aromatic N) is 2. The molecule has 0 aliphatic heterocycles. The fourth-order valence-corrected chi connectivity index (χ4v) is 3.27. The summed E-state index contributed by atoms with van der Waals surface area (Å²) < 4.78 is 6.69. The molecule has 2 aromatic heterocycles. The van der Waals surface area contributed by atoms with Crippen LogP contribution in [0.3, 0.4) is 0 Å². The Kier molecular flexibility index (Phi) is 2.94. The molecule has 4 aromatic rings. The van der Waals surface area contributed by atoms with Gasteiger partial charge in [0.25, 0.3) is 5.91 Å². The lowest BCUT2D eigenvalue weighted by atomic mass is 10.2. The van der Waals surface area contributed by atoms with Gasteiger partial charge in [-0.2, -0.15) is 0 Å². The SMILES string of the molecule is CN(C(=O)c1cc2ccccc2o1)c1nc2ccccc2s1. The third-order valence-electron chi connectivity index (χ3n) is 3.51. The third kappa shape index (κ3) is 2.07. The second kappa shape index (κ2) is 4.96. The molecule has 0 saturated carbocycles. The van der Waals surface area contributed by atoms with Crippen molar-refractivity contribution < 1.29 is 9.21 Å². The fourth-order valence-electron chi connectivity index (χ4n) is 2.34. The molecule has 0 unspecified atom stereocenters. The summed E-state index contributed by atoms with van der Waals surface area (Å²) >= 11 is 1.49. The van der Waals surface area contributed by atoms with E-state index in [0.29, 0.717) is 16.5 Å². The van der Waals surface area contributed by atoms with Gasteiger partial charge in [-0.05, 0) is 24.3 Å². The zero-order valence-electron chi connectivity index (χ0n) is 11.8. The maximum Gasteiger partial charge on any atom is 0.295 e. The van der Waals surface area contributed by atoms with Gasteiger partial charge in [0.1, 0.15) is 5.58 Å². The van der Waals surface area contributed by atoms with Crippen LogP contribution in [0.5, 0.6) is 0 Å². The highest BCUT2D eigenvalue weighted by Gasteiger charge is 2.20. The van der Waals surface area contributed by atoms with Crippen LogP contribution < -0.4 is 4.90 Å². The van der Waals surface area contributed by atoms with E-state index in [9.17, 15) is 4.79 Å². The number of hydrogen-bond acceptors (Lipinski definition) is 4. The van der Waals surface area contributed by atoms with Gasteiger partial charge in [0.05, 0.1) is 10.2 Å². The lowest BCUT2D eigenvalue weighted by Crippen LogP contribution is -2.25. The first-order valence-corrected chi connectivity index (χ1v) is 7.66. The van der Waals surface area contributed by atoms with Crippen LogP contribution in [0.4, 0.5) is 5.13 Å². The fraction of sp³-hybridized carbons (Fsp3) is 0.0588. The largest absolute Gasteiger partial charge is 0.451 e. The number of benzene rings is 2. The molecular weight excluding hydrogens is 296 g/mol. The van der Waals surface area contributed by atoms with Crippen LogP contribution in [0.2, 0.25) is 0 Å². The Labute approximate surface area is 130 Å². The van der Waals surface area contributed by atoms with Crippen LogP contribution in [-0.4, -0.2) is 17.9 Å². The highest BCUT2D eigenvalue weighted by Crippen LogP contribution is 2.29. The minimum absolute atomic E-state index is 0.199. The summed E-state index contributed by atoms with van der Waals surface area (Å²) in [7, 11) is 1.72. The highest BCUT2D eigenvalue weighted by atomic mass is 32.1. The Hall–Kier alpha value is -2.66. The van der Waals surface area contributed by atoms with Crippen LogP contribution in [0.15, 0.2) is 59.0 Å². The van der Waals surface area contributed by atoms with Crippen molar-refractivity contribution >= 4 is 43.6 Å². The lowest BCUT2D eigenvalue weighted by Gasteiger charge is -2.11. The van der Waals surface area contributed by atoms with Gasteiger partial charge in [-0.3, -0.25) is 9.69 Å². The number of carbonyl (C=O) groups is 1. The van der Waals surface area contributed by atoms with Gasteiger partial charge in [0.2, 0.25) is 0 Å². The van der Waals surface area contributed by atoms with Gasteiger partial charge in [-0.15, -0.1) is 0 Å². The molecule has 0 saturated heterocycles. The molecule has 0 aliphatic carbocycles. The molecule has 22 heavy (non-hydrogen) atoms. The number of thiazole rings is 1. The average molecular weight is 308 g/mol. The van der Waals surface area contributed by atoms with Crippen LogP contribution in [0.1, 0.15) is 10.6 Å². The van der Waals surface area contributed by atoms with Crippen LogP contribution in [0.25, 0.3) is 21.2 Å². The summed E-state index contributed by atoms with van der Waals surface area (Å²) in [5.74, 6) is 0.123. The van der Waals surface area contributed by atoms with Crippen molar-refractivity contribution in [2.45, 2.75) is 0 Å². The number of aromatic nitrogens is 1. The molecule has 0 N–H and O–H groups in total. The van der Waals surface area contributed by atoms with Gasteiger partial charge >= 0.3 is 0 Å². The molecule has 0 bridgehead atoms. The smallest absolute Gasteiger partial charge is 0.295 e. The predicted octanol–water partition coefficient (Wildman–Crippen LogP) is 4.32. The maximum absolute atomic E-state index is 12.6. The van der Waals surface area contributed by atoms with E-state index in [2.05, 4.69) is 4.98 Å². The molecule has 4 rings (SSSR count). The topological polar surface area (TPSA) is 46.3 Å². The van der Waals surface area contributed by atoms with E-state index in [1.807, 2.05) is 48.5 Å². The first-order valence-electron chi connectivity index (χ1n) is 6.84. The molecule has 1 amide bonds. The van der Waals surface area contributed by atoms with Gasteiger partial charge in [-0.25, -0.2) is 4.98 Å². The zero-order valence-corrected chi connectivity index (χ0v) is 12.6. The minimum Gasteiger partial charge on any atom is -0.451 e. The molecule has 4 nitrogen and oxygen atoms in total. The third-order valence-corrected chi connectivity index (χ3v) is 4.62. The normalized spacial score (nSPS) is 11.1. The molecule has 5 heteroatoms. The summed E-state index contributed by atoms with van der Waals surface area (Å²) in [5, 5.41) is 1.58. The number of fused-ring (bicyclic) bond motifs is 2. The van der Waals surface area contributed by atoms with Crippen LogP contribution >= 0.6 is 11.3 Å². The van der Waals surface area contributed by atoms with Crippen LogP contribution in [-0.2, 0) is 0 Å². The van der Waals surface area contributed by atoms with Crippen molar-refractivity contribution in [1.29, 1.82) is 0 Å². The van der Waals surface area contributed by atoms with E-state index in [1.54, 1.807) is 13.1 Å². The highest BCUT2D eigenvalue weighted by molar-refractivity contribution is 7.22. The Morgan fingerprint density at radius 1 is 1.14 bits per heavy atom. The van der Waals surface area contributed by atoms with E-state index in [-0.39, 0.29) is 5.91 Å². The Balaban J connectivity index is 1.71. The van der Waals surface area contributed by atoms with Gasteiger partial charge in [-0.1, -0.05) is 41.7 Å². The second-order valence-corrected chi connectivity index (χ2v) is 5.99. The van der Waals surface area contributed by atoms with Gasteiger partial charge in [0.15, 0.2) is 10.9 Å². The van der Waals surface area contributed by atoms with E-state index < -0.39 is 0 Å². The summed E-state index contributed by atoms with van der Waals surface area (Å²) in [6, 6.07) is 17.2. The molecule has 2 heterocycles. The Morgan fingerprint density at radius 2 is 1.91 bits per heavy atom. The molecule has 0 fully saturated rings. The van der Waals surface area contributed by atoms with Crippen molar-refractivity contribution in [1.82, 2.24) is 4.98 Å². The van der Waals surface area contributed by atoms with E-state index in [4.69, 9.17) is 4.42 Å². The quantitative estimate of drug-likeness (QED) is 0.554. The summed E-state index contributed by atoms with van der Waals surface area (Å²) in [5.41, 5.74) is 1.61. The molecule has 0 spiro atoms. The number of hydrogen-bond donors (Lipinski definition) is 0. The monoisotopic (exact) mass is 308 g/mol. The molecule has 2 aromatic carbocycles. The number of carbonyl (C=O) groups excluding carboxylic acids is 1. The van der Waals surface area contributed by atoms with Gasteiger partial charge < -0.3 is 4.42 Å². The Bertz CT molecular complexity index is 920. The van der Waals surface area contributed by atoms with Crippen LogP contribution in [0, 0.1) is 0 Å². The van der Waals surface area contributed by atoms with Crippen molar-refractivity contribution in [2.75, 3.05) is 11.9 Å². The first-order chi connectivity index (χ1) is 10.7. The van der Waals surface area contributed by atoms with Crippen molar-refractivity contribution in [2.24, 2.45) is 0 Å². The molecule has 0 atom stereocenters. The average Bonchev–Trinajstić information content (AvgIpc) is 3.16. The van der Waals surface area contributed by atoms with Crippen molar-refractivity contribution in [3.05, 3.63) is 60.4 Å². The number of furan rings is 1. The molecular formula is C17H12N2O2S. The van der Waals surface area contributed by atoms with Crippen molar-refractivity contribution in [3.63, 3.8) is 0 Å². The van der Waals surface area contributed by atoms with Crippen molar-refractivity contribution in [3.8, 4) is 0 Å². The maximum atomic E-state index is 12.6. The standard InChI is InChI=1S/C17H12N2O2S/c1-19(17-18-12-7-3-5-9-15(12)22-17)16(20)14-10-11-6-2-4-8-13(11)21-14/h2-10H,1H3. The summed E-state index contributed by atoms with van der Waals surface area (Å²) in [4.78, 5) is 18.6. The molecule has 0 aliphatic rings. The molecule has 108 valence electrons. The Morgan fingerprint density at radius 3 is 2.73 bits per heavy atom. The van der Waals surface area contributed by atoms with E-state index in [1.165, 1.54) is 16.2 Å². The van der Waals surface area contributed by atoms with E-state index >= 15 is 0 Å². The second-order valence-electron chi connectivity index (χ2n) is 4.98. The lowest BCUT2D eigenvalue weighted by molar-refractivity contribution is 0.0968. The number of para-hydroxylation sites is 2. The zero-order chi connectivity index (χ0) is 15.1. The first kappa shape index (κ1) is 13.0. The minimum atomic E-state index is -0.199. The van der Waals surface area contributed by atoms with E-state index in [0.717, 1.165) is 15.6 Å². The summed E-state index contributed by atoms with van der Waals surface area (Å²) in [6.07, 6.45) is 0. The predicted molar refractivity (Wildman–Crippen MR) is 88.6 cm³/mol. The van der Waals surface area contributed by atoms with Gasteiger partial charge in [0, 0.05) is 12.4 Å². The summed E-state index contributed by atoms with van der Waals surface area (Å²) in [6.45, 7) is 0. The number of rotatable bonds is 2. The number of amides is 1.